The highest BCUT2D eigenvalue weighted by atomic mass is 32.1. The molecule has 0 saturated heterocycles. The minimum Gasteiger partial charge on any atom is -0.472 e. The third-order valence-electron chi connectivity index (χ3n) is 11.0. The van der Waals surface area contributed by atoms with Crippen molar-refractivity contribution >= 4 is 29.8 Å². The van der Waals surface area contributed by atoms with Crippen molar-refractivity contribution in [1.29, 1.82) is 0 Å². The summed E-state index contributed by atoms with van der Waals surface area (Å²) < 4.78 is 26.5. The number of rotatable bonds is 4. The maximum absolute atomic E-state index is 13.6. The summed E-state index contributed by atoms with van der Waals surface area (Å²) >= 11 is 4.27. The van der Waals surface area contributed by atoms with E-state index >= 15 is 0 Å². The van der Waals surface area contributed by atoms with Crippen LogP contribution in [0.2, 0.25) is 0 Å². The second-order valence-electron chi connectivity index (χ2n) is 12.8. The highest BCUT2D eigenvalue weighted by Crippen LogP contribution is 2.68. The van der Waals surface area contributed by atoms with E-state index in [1.54, 1.807) is 12.1 Å². The Labute approximate surface area is 243 Å². The first-order valence-corrected chi connectivity index (χ1v) is 14.7. The lowest BCUT2D eigenvalue weighted by atomic mass is 9.45. The Balaban J connectivity index is 1.22. The fourth-order valence-electron chi connectivity index (χ4n) is 9.12. The number of aliphatic hydroxyl groups is 1. The van der Waals surface area contributed by atoms with Gasteiger partial charge in [0.2, 0.25) is 5.12 Å². The number of hydrogen-bond donors (Lipinski definition) is 2. The molecule has 41 heavy (non-hydrogen) atoms. The summed E-state index contributed by atoms with van der Waals surface area (Å²) in [5.74, 6) is -0.673. The van der Waals surface area contributed by atoms with Crippen LogP contribution in [-0.2, 0) is 16.0 Å². The Morgan fingerprint density at radius 2 is 1.98 bits per heavy atom. The van der Waals surface area contributed by atoms with Gasteiger partial charge >= 0.3 is 5.97 Å². The van der Waals surface area contributed by atoms with E-state index in [0.29, 0.717) is 12.8 Å². The smallest absolute Gasteiger partial charge is 0.342 e. The lowest BCUT2D eigenvalue weighted by Gasteiger charge is -2.60. The molecule has 9 heteroatoms. The summed E-state index contributed by atoms with van der Waals surface area (Å²) in [6.07, 6.45) is 10.0. The fraction of sp³-hybridized carbons (Fsp3) is 0.469. The number of aliphatic hydroxyl groups excluding tert-OH is 1. The average molecular weight is 577 g/mol. The summed E-state index contributed by atoms with van der Waals surface area (Å²) in [5.41, 5.74) is 1.99. The molecular weight excluding hydrogens is 543 g/mol. The summed E-state index contributed by atoms with van der Waals surface area (Å²) in [4.78, 5) is 26.3. The molecule has 4 aliphatic rings. The van der Waals surface area contributed by atoms with E-state index in [0.717, 1.165) is 42.6 Å². The first-order chi connectivity index (χ1) is 19.6. The van der Waals surface area contributed by atoms with Gasteiger partial charge in [0, 0.05) is 5.41 Å². The van der Waals surface area contributed by atoms with Crippen molar-refractivity contribution in [3.63, 3.8) is 0 Å². The van der Waals surface area contributed by atoms with Crippen LogP contribution in [0, 0.1) is 34.4 Å². The van der Waals surface area contributed by atoms with Crippen molar-refractivity contribution in [1.82, 2.24) is 9.78 Å². The van der Waals surface area contributed by atoms with Crippen LogP contribution >= 0.6 is 12.6 Å². The molecule has 1 aromatic carbocycles. The van der Waals surface area contributed by atoms with Crippen molar-refractivity contribution in [2.45, 2.75) is 64.1 Å². The molecule has 2 heterocycles. The zero-order valence-corrected chi connectivity index (χ0v) is 23.9. The van der Waals surface area contributed by atoms with Gasteiger partial charge in [0.25, 0.3) is 0 Å². The first kappa shape index (κ1) is 26.7. The number of benzene rings is 1. The number of ether oxygens (including phenoxy) is 1. The fourth-order valence-corrected chi connectivity index (χ4v) is 9.53. The van der Waals surface area contributed by atoms with Gasteiger partial charge in [0.1, 0.15) is 12.1 Å². The number of carbonyl (C=O) groups is 2. The minimum absolute atomic E-state index is 0.0155. The molecule has 3 aromatic rings. The predicted octanol–water partition coefficient (Wildman–Crippen LogP) is 5.81. The second-order valence-corrected chi connectivity index (χ2v) is 13.2. The molecule has 0 unspecified atom stereocenters. The van der Waals surface area contributed by atoms with Crippen LogP contribution in [0.15, 0.2) is 59.0 Å². The lowest BCUT2D eigenvalue weighted by Crippen LogP contribution is -2.62. The zero-order valence-electron chi connectivity index (χ0n) is 23.0. The van der Waals surface area contributed by atoms with Gasteiger partial charge < -0.3 is 14.3 Å². The molecule has 7 nitrogen and oxygen atoms in total. The van der Waals surface area contributed by atoms with Crippen LogP contribution in [0.25, 0.3) is 11.8 Å². The molecule has 7 rings (SSSR count). The topological polar surface area (TPSA) is 94.6 Å². The van der Waals surface area contributed by atoms with Crippen LogP contribution in [-0.4, -0.2) is 37.7 Å². The SMILES string of the molecule is C[C@]12Cc3cnn(-c4ccc(F)cc4)c3C=C1CC[C@@H]1[C@@H]2[C@@H](O)C[C@@]2(C)[C@H]1CC[C@]2(OC(=O)c1ccoc1)C(=O)S. The molecule has 0 amide bonds. The second kappa shape index (κ2) is 9.16. The molecule has 3 fully saturated rings. The number of aromatic nitrogens is 2. The molecule has 0 aliphatic heterocycles. The highest BCUT2D eigenvalue weighted by Gasteiger charge is 2.70. The molecule has 3 saturated carbocycles. The van der Waals surface area contributed by atoms with Gasteiger partial charge in [-0.25, -0.2) is 13.9 Å². The van der Waals surface area contributed by atoms with Crippen LogP contribution < -0.4 is 0 Å². The van der Waals surface area contributed by atoms with Crippen molar-refractivity contribution in [2.24, 2.45) is 28.6 Å². The number of halogens is 1. The largest absolute Gasteiger partial charge is 0.472 e. The van der Waals surface area contributed by atoms with Gasteiger partial charge in [-0.05, 0) is 104 Å². The summed E-state index contributed by atoms with van der Waals surface area (Å²) in [7, 11) is 0. The Morgan fingerprint density at radius 1 is 1.20 bits per heavy atom. The molecule has 0 bridgehead atoms. The van der Waals surface area contributed by atoms with Crippen molar-refractivity contribution in [2.75, 3.05) is 0 Å². The van der Waals surface area contributed by atoms with Crippen molar-refractivity contribution < 1.29 is 28.2 Å². The number of carbonyl (C=O) groups excluding carboxylic acids is 2. The quantitative estimate of drug-likeness (QED) is 0.301. The number of furan rings is 1. The Bertz CT molecular complexity index is 1560. The van der Waals surface area contributed by atoms with Gasteiger partial charge in [0.05, 0.1) is 35.5 Å². The third-order valence-corrected chi connectivity index (χ3v) is 11.3. The molecule has 4 aliphatic carbocycles. The normalized spacial score (nSPS) is 35.5. The molecular formula is C32H33FN2O5S. The summed E-state index contributed by atoms with van der Waals surface area (Å²) in [6, 6.07) is 7.85. The Hall–Kier alpha value is -3.17. The van der Waals surface area contributed by atoms with Crippen LogP contribution in [0.3, 0.4) is 0 Å². The Morgan fingerprint density at radius 3 is 2.68 bits per heavy atom. The van der Waals surface area contributed by atoms with Crippen LogP contribution in [0.1, 0.15) is 67.6 Å². The maximum atomic E-state index is 13.6. The lowest BCUT2D eigenvalue weighted by molar-refractivity contribution is -0.174. The van der Waals surface area contributed by atoms with Gasteiger partial charge in [-0.3, -0.25) is 4.79 Å². The van der Waals surface area contributed by atoms with E-state index < -0.39 is 28.2 Å². The average Bonchev–Trinajstić information content (AvgIpc) is 3.66. The highest BCUT2D eigenvalue weighted by molar-refractivity contribution is 7.96. The number of esters is 1. The number of fused-ring (bicyclic) bond motifs is 6. The van der Waals surface area contributed by atoms with E-state index in [1.807, 2.05) is 17.8 Å². The summed E-state index contributed by atoms with van der Waals surface area (Å²) in [5, 5.41) is 16.1. The summed E-state index contributed by atoms with van der Waals surface area (Å²) in [6.45, 7) is 4.25. The van der Waals surface area contributed by atoms with Gasteiger partial charge in [-0.15, -0.1) is 12.6 Å². The van der Waals surface area contributed by atoms with Gasteiger partial charge in [0.15, 0.2) is 5.60 Å². The van der Waals surface area contributed by atoms with E-state index in [2.05, 4.69) is 30.7 Å². The van der Waals surface area contributed by atoms with E-state index in [1.165, 1.54) is 36.3 Å². The first-order valence-electron chi connectivity index (χ1n) is 14.3. The zero-order chi connectivity index (χ0) is 28.7. The van der Waals surface area contributed by atoms with Gasteiger partial charge in [-0.2, -0.15) is 5.10 Å². The number of thiol groups is 1. The predicted molar refractivity (Wildman–Crippen MR) is 152 cm³/mol. The number of hydrogen-bond acceptors (Lipinski definition) is 6. The molecule has 2 aromatic heterocycles. The van der Waals surface area contributed by atoms with E-state index in [-0.39, 0.29) is 34.5 Å². The molecule has 1 N–H and O–H groups in total. The number of nitrogens with zero attached hydrogens (tertiary/aromatic N) is 2. The molecule has 0 spiro atoms. The van der Waals surface area contributed by atoms with Crippen LogP contribution in [0.5, 0.6) is 0 Å². The minimum atomic E-state index is -1.42. The van der Waals surface area contributed by atoms with Crippen molar-refractivity contribution in [3.05, 3.63) is 77.3 Å². The number of allylic oxidation sites excluding steroid dienone is 1. The van der Waals surface area contributed by atoms with Crippen LogP contribution in [0.4, 0.5) is 4.39 Å². The van der Waals surface area contributed by atoms with E-state index in [9.17, 15) is 19.1 Å². The standard InChI is InChI=1S/C32H33FN2O5S/c1-30-14-19-16-34-35(22-6-4-21(33)5-7-22)25(19)13-20(30)3-8-23-24-9-11-32(29(38)41,31(24,2)15-26(36)27(23)30)40-28(37)18-10-12-39-17-18/h4-7,10,12-13,16-17,23-24,26-27,36H,3,8-9,11,14-15H2,1-2H3,(H,38,41)/t23-,24-,26-,27+,30-,31-,32-/m0/s1. The monoisotopic (exact) mass is 576 g/mol. The van der Waals surface area contributed by atoms with Crippen molar-refractivity contribution in [3.8, 4) is 5.69 Å². The Kier molecular flexibility index (Phi) is 5.97. The van der Waals surface area contributed by atoms with E-state index in [4.69, 9.17) is 9.15 Å². The maximum Gasteiger partial charge on any atom is 0.342 e. The van der Waals surface area contributed by atoms with Gasteiger partial charge in [-0.1, -0.05) is 19.4 Å². The molecule has 0 radical (unpaired) electrons. The molecule has 214 valence electrons. The third kappa shape index (κ3) is 3.70. The molecule has 7 atom stereocenters.